The summed E-state index contributed by atoms with van der Waals surface area (Å²) in [7, 11) is -3.12. The predicted octanol–water partition coefficient (Wildman–Crippen LogP) is 3.48. The molecule has 1 saturated carbocycles. The average Bonchev–Trinajstić information content (AvgIpc) is 2.79. The fourth-order valence-electron chi connectivity index (χ4n) is 3.03. The van der Waals surface area contributed by atoms with E-state index in [0.29, 0.717) is 11.0 Å². The fourth-order valence-corrected chi connectivity index (χ4v) is 3.66. The van der Waals surface area contributed by atoms with Crippen LogP contribution in [0.5, 0.6) is 0 Å². The molecule has 0 saturated heterocycles. The Morgan fingerprint density at radius 3 is 2.30 bits per heavy atom. The van der Waals surface area contributed by atoms with E-state index in [0.717, 1.165) is 18.7 Å². The summed E-state index contributed by atoms with van der Waals surface area (Å²) in [5.41, 5.74) is 1.09. The Morgan fingerprint density at radius 2 is 1.74 bits per heavy atom. The Bertz CT molecular complexity index is 560. The highest BCUT2D eigenvalue weighted by atomic mass is 32.2. The minimum Gasteiger partial charge on any atom is -0.377 e. The molecule has 0 aliphatic heterocycles. The molecule has 0 heterocycles. The molecule has 0 spiro atoms. The van der Waals surface area contributed by atoms with E-state index in [-0.39, 0.29) is 6.04 Å². The summed E-state index contributed by atoms with van der Waals surface area (Å²) in [6, 6.07) is 7.28. The number of hydrogen-bond acceptors (Lipinski definition) is 4. The van der Waals surface area contributed by atoms with Gasteiger partial charge in [-0.2, -0.15) is 0 Å². The molecule has 1 aliphatic carbocycles. The van der Waals surface area contributed by atoms with Crippen LogP contribution in [-0.4, -0.2) is 33.9 Å². The van der Waals surface area contributed by atoms with Gasteiger partial charge < -0.3 is 10.1 Å². The van der Waals surface area contributed by atoms with Crippen molar-refractivity contribution in [2.24, 2.45) is 0 Å². The van der Waals surface area contributed by atoms with Crippen molar-refractivity contribution in [1.29, 1.82) is 0 Å². The molecule has 1 aromatic rings. The van der Waals surface area contributed by atoms with Gasteiger partial charge in [0.15, 0.2) is 9.84 Å². The summed E-state index contributed by atoms with van der Waals surface area (Å²) < 4.78 is 28.9. The van der Waals surface area contributed by atoms with E-state index in [1.54, 1.807) is 12.1 Å². The van der Waals surface area contributed by atoms with Crippen molar-refractivity contribution in [2.75, 3.05) is 19.4 Å². The van der Waals surface area contributed by atoms with Crippen LogP contribution in [0.25, 0.3) is 0 Å². The Balaban J connectivity index is 1.73. The molecular formula is C18H29NO3S. The second-order valence-electron chi connectivity index (χ2n) is 6.50. The zero-order valence-electron chi connectivity index (χ0n) is 14.3. The van der Waals surface area contributed by atoms with Crippen molar-refractivity contribution in [2.45, 2.75) is 62.5 Å². The molecule has 1 aromatic carbocycles. The number of hydrogen-bond donors (Lipinski definition) is 1. The van der Waals surface area contributed by atoms with Crippen molar-refractivity contribution < 1.29 is 13.2 Å². The molecule has 0 bridgehead atoms. The highest BCUT2D eigenvalue weighted by molar-refractivity contribution is 7.90. The molecule has 1 N–H and O–H groups in total. The van der Waals surface area contributed by atoms with Crippen LogP contribution in [0, 0.1) is 0 Å². The quantitative estimate of drug-likeness (QED) is 0.610. The predicted molar refractivity (Wildman–Crippen MR) is 93.4 cm³/mol. The van der Waals surface area contributed by atoms with Crippen molar-refractivity contribution in [1.82, 2.24) is 5.32 Å². The molecule has 1 fully saturated rings. The maximum Gasteiger partial charge on any atom is 0.175 e. The third kappa shape index (κ3) is 6.24. The summed E-state index contributed by atoms with van der Waals surface area (Å²) in [5, 5.41) is 3.44. The number of benzene rings is 1. The van der Waals surface area contributed by atoms with Crippen molar-refractivity contribution in [3.05, 3.63) is 29.8 Å². The normalized spacial score (nSPS) is 18.5. The maximum absolute atomic E-state index is 11.5. The molecule has 2 rings (SSSR count). The standard InChI is InChI=1S/C18H29NO3S/c1-15(16-9-11-18(12-10-16)23(2,20)21)19-13-14-22-17-7-5-3-4-6-8-17/h9-12,15,17,19H,3-8,13-14H2,1-2H3/t15-/m1/s1. The highest BCUT2D eigenvalue weighted by Crippen LogP contribution is 2.20. The van der Waals surface area contributed by atoms with Crippen LogP contribution in [0.3, 0.4) is 0 Å². The van der Waals surface area contributed by atoms with Gasteiger partial charge in [0.2, 0.25) is 0 Å². The Labute approximate surface area is 140 Å². The second kappa shape index (κ2) is 8.81. The van der Waals surface area contributed by atoms with Crippen molar-refractivity contribution >= 4 is 9.84 Å². The van der Waals surface area contributed by atoms with E-state index in [4.69, 9.17) is 4.74 Å². The van der Waals surface area contributed by atoms with Crippen LogP contribution in [0.1, 0.15) is 57.1 Å². The molecule has 23 heavy (non-hydrogen) atoms. The number of sulfone groups is 1. The first-order valence-electron chi connectivity index (χ1n) is 8.62. The minimum absolute atomic E-state index is 0.182. The molecule has 0 unspecified atom stereocenters. The molecule has 0 aromatic heterocycles. The smallest absolute Gasteiger partial charge is 0.175 e. The van der Waals surface area contributed by atoms with Crippen molar-refractivity contribution in [3.8, 4) is 0 Å². The minimum atomic E-state index is -3.12. The Hall–Kier alpha value is -0.910. The summed E-state index contributed by atoms with van der Waals surface area (Å²) in [6.45, 7) is 3.63. The van der Waals surface area contributed by atoms with Crippen molar-refractivity contribution in [3.63, 3.8) is 0 Å². The molecule has 4 nitrogen and oxygen atoms in total. The molecule has 1 aliphatic rings. The van der Waals surface area contributed by atoms with Crippen LogP contribution in [-0.2, 0) is 14.6 Å². The summed E-state index contributed by atoms with van der Waals surface area (Å²) in [5.74, 6) is 0. The Kier molecular flexibility index (Phi) is 7.06. The first-order chi connectivity index (χ1) is 11.0. The molecular weight excluding hydrogens is 310 g/mol. The largest absolute Gasteiger partial charge is 0.377 e. The van der Waals surface area contributed by atoms with Gasteiger partial charge in [0, 0.05) is 18.8 Å². The van der Waals surface area contributed by atoms with Crippen LogP contribution in [0.15, 0.2) is 29.2 Å². The van der Waals surface area contributed by atoms with E-state index in [1.807, 2.05) is 12.1 Å². The number of ether oxygens (including phenoxy) is 1. The lowest BCUT2D eigenvalue weighted by atomic mass is 10.1. The van der Waals surface area contributed by atoms with Gasteiger partial charge in [-0.1, -0.05) is 37.8 Å². The van der Waals surface area contributed by atoms with E-state index in [1.165, 1.54) is 44.8 Å². The van der Waals surface area contributed by atoms with E-state index < -0.39 is 9.84 Å². The van der Waals surface area contributed by atoms with Crippen LogP contribution >= 0.6 is 0 Å². The first kappa shape index (κ1) is 18.4. The first-order valence-corrected chi connectivity index (χ1v) is 10.5. The lowest BCUT2D eigenvalue weighted by Gasteiger charge is -2.18. The number of nitrogens with one attached hydrogen (secondary N) is 1. The van der Waals surface area contributed by atoms with E-state index in [9.17, 15) is 8.42 Å². The van der Waals surface area contributed by atoms with Gasteiger partial charge in [0.1, 0.15) is 0 Å². The topological polar surface area (TPSA) is 55.4 Å². The molecule has 130 valence electrons. The molecule has 0 amide bonds. The van der Waals surface area contributed by atoms with Crippen LogP contribution in [0.2, 0.25) is 0 Å². The maximum atomic E-state index is 11.5. The third-order valence-electron chi connectivity index (χ3n) is 4.52. The molecule has 5 heteroatoms. The van der Waals surface area contributed by atoms with Gasteiger partial charge in [0.05, 0.1) is 17.6 Å². The molecule has 0 radical (unpaired) electrons. The van der Waals surface area contributed by atoms with Crippen LogP contribution < -0.4 is 5.32 Å². The SMILES string of the molecule is C[C@@H](NCCOC1CCCCCC1)c1ccc(S(C)(=O)=O)cc1. The molecule has 1 atom stereocenters. The average molecular weight is 340 g/mol. The summed E-state index contributed by atoms with van der Waals surface area (Å²) in [6.07, 6.45) is 9.34. The lowest BCUT2D eigenvalue weighted by molar-refractivity contribution is 0.0442. The zero-order valence-corrected chi connectivity index (χ0v) is 15.1. The number of rotatable bonds is 7. The second-order valence-corrected chi connectivity index (χ2v) is 8.52. The van der Waals surface area contributed by atoms with Gasteiger partial charge in [-0.25, -0.2) is 8.42 Å². The van der Waals surface area contributed by atoms with Crippen LogP contribution in [0.4, 0.5) is 0 Å². The van der Waals surface area contributed by atoms with E-state index >= 15 is 0 Å². The van der Waals surface area contributed by atoms with E-state index in [2.05, 4.69) is 12.2 Å². The Morgan fingerprint density at radius 1 is 1.13 bits per heavy atom. The fraction of sp³-hybridized carbons (Fsp3) is 0.667. The van der Waals surface area contributed by atoms with Gasteiger partial charge in [-0.15, -0.1) is 0 Å². The summed E-state index contributed by atoms with van der Waals surface area (Å²) >= 11 is 0. The lowest BCUT2D eigenvalue weighted by Crippen LogP contribution is -2.25. The van der Waals surface area contributed by atoms with Gasteiger partial charge in [-0.05, 0) is 37.5 Å². The van der Waals surface area contributed by atoms with Gasteiger partial charge in [0.25, 0.3) is 0 Å². The third-order valence-corrected chi connectivity index (χ3v) is 5.65. The van der Waals surface area contributed by atoms with Gasteiger partial charge in [-0.3, -0.25) is 0 Å². The monoisotopic (exact) mass is 339 g/mol. The highest BCUT2D eigenvalue weighted by Gasteiger charge is 2.13. The van der Waals surface area contributed by atoms with Gasteiger partial charge >= 0.3 is 0 Å². The zero-order chi connectivity index (χ0) is 16.7. The summed E-state index contributed by atoms with van der Waals surface area (Å²) in [4.78, 5) is 0.366.